The van der Waals surface area contributed by atoms with E-state index in [1.165, 1.54) is 18.4 Å². The lowest BCUT2D eigenvalue weighted by atomic mass is 10.2. The highest BCUT2D eigenvalue weighted by atomic mass is 16.3. The molecule has 0 aliphatic heterocycles. The SMILES string of the molecule is CCCNCc1ccoc1CN(Cc1ccco1)C1CC1. The van der Waals surface area contributed by atoms with E-state index < -0.39 is 0 Å². The summed E-state index contributed by atoms with van der Waals surface area (Å²) in [6.07, 6.45) is 7.26. The van der Waals surface area contributed by atoms with E-state index in [2.05, 4.69) is 23.2 Å². The maximum atomic E-state index is 5.71. The lowest BCUT2D eigenvalue weighted by Crippen LogP contribution is -2.25. The standard InChI is InChI=1S/C17H24N2O2/c1-2-8-18-11-14-7-10-21-17(14)13-19(15-5-6-15)12-16-4-3-9-20-16/h3-4,7,9-10,15,18H,2,5-6,8,11-13H2,1H3. The molecule has 0 amide bonds. The van der Waals surface area contributed by atoms with Gasteiger partial charge in [0.1, 0.15) is 11.5 Å². The number of hydrogen-bond acceptors (Lipinski definition) is 4. The predicted octanol–water partition coefficient (Wildman–Crippen LogP) is 3.54. The molecular formula is C17H24N2O2. The maximum absolute atomic E-state index is 5.71. The van der Waals surface area contributed by atoms with E-state index in [0.717, 1.165) is 44.1 Å². The van der Waals surface area contributed by atoms with Crippen molar-refractivity contribution in [2.45, 2.75) is 51.9 Å². The molecule has 2 aromatic rings. The second kappa shape index (κ2) is 6.96. The Balaban J connectivity index is 1.61. The fourth-order valence-corrected chi connectivity index (χ4v) is 2.60. The Morgan fingerprint density at radius 3 is 2.81 bits per heavy atom. The van der Waals surface area contributed by atoms with E-state index in [-0.39, 0.29) is 0 Å². The first kappa shape index (κ1) is 14.4. The predicted molar refractivity (Wildman–Crippen MR) is 81.7 cm³/mol. The van der Waals surface area contributed by atoms with Crippen molar-refractivity contribution in [3.63, 3.8) is 0 Å². The molecule has 2 aromatic heterocycles. The zero-order valence-electron chi connectivity index (χ0n) is 12.7. The molecule has 3 rings (SSSR count). The Morgan fingerprint density at radius 1 is 1.19 bits per heavy atom. The molecule has 1 aliphatic rings. The van der Waals surface area contributed by atoms with Gasteiger partial charge in [0.05, 0.1) is 25.6 Å². The summed E-state index contributed by atoms with van der Waals surface area (Å²) in [4.78, 5) is 2.46. The third-order valence-corrected chi connectivity index (χ3v) is 3.93. The number of furan rings is 2. The molecule has 1 fully saturated rings. The minimum absolute atomic E-state index is 0.677. The molecule has 2 heterocycles. The fourth-order valence-electron chi connectivity index (χ4n) is 2.60. The van der Waals surface area contributed by atoms with Crippen molar-refractivity contribution < 1.29 is 8.83 Å². The van der Waals surface area contributed by atoms with Gasteiger partial charge in [-0.1, -0.05) is 6.92 Å². The second-order valence-electron chi connectivity index (χ2n) is 5.76. The van der Waals surface area contributed by atoms with E-state index in [0.29, 0.717) is 6.04 Å². The molecule has 4 heteroatoms. The van der Waals surface area contributed by atoms with Crippen molar-refractivity contribution >= 4 is 0 Å². The Labute approximate surface area is 126 Å². The molecule has 1 saturated carbocycles. The molecule has 0 aromatic carbocycles. The van der Waals surface area contributed by atoms with Crippen LogP contribution < -0.4 is 5.32 Å². The zero-order chi connectivity index (χ0) is 14.5. The largest absolute Gasteiger partial charge is 0.468 e. The van der Waals surface area contributed by atoms with Gasteiger partial charge in [0.15, 0.2) is 0 Å². The average molecular weight is 288 g/mol. The molecule has 0 radical (unpaired) electrons. The molecule has 0 saturated heterocycles. The summed E-state index contributed by atoms with van der Waals surface area (Å²) in [6, 6.07) is 6.75. The van der Waals surface area contributed by atoms with Gasteiger partial charge in [-0.05, 0) is 44.0 Å². The molecule has 1 aliphatic carbocycles. The first-order valence-corrected chi connectivity index (χ1v) is 7.89. The van der Waals surface area contributed by atoms with Crippen molar-refractivity contribution in [3.05, 3.63) is 47.8 Å². The Hall–Kier alpha value is -1.52. The van der Waals surface area contributed by atoms with Crippen LogP contribution in [0.3, 0.4) is 0 Å². The van der Waals surface area contributed by atoms with Gasteiger partial charge in [0.2, 0.25) is 0 Å². The van der Waals surface area contributed by atoms with Gasteiger partial charge in [-0.15, -0.1) is 0 Å². The van der Waals surface area contributed by atoms with Crippen LogP contribution in [0.25, 0.3) is 0 Å². The summed E-state index contributed by atoms with van der Waals surface area (Å²) >= 11 is 0. The summed E-state index contributed by atoms with van der Waals surface area (Å²) in [6.45, 7) is 5.84. The lowest BCUT2D eigenvalue weighted by Gasteiger charge is -2.20. The number of hydrogen-bond donors (Lipinski definition) is 1. The normalized spacial score (nSPS) is 15.0. The molecule has 21 heavy (non-hydrogen) atoms. The first-order valence-electron chi connectivity index (χ1n) is 7.89. The second-order valence-corrected chi connectivity index (χ2v) is 5.76. The van der Waals surface area contributed by atoms with Crippen molar-refractivity contribution in [2.75, 3.05) is 6.54 Å². The van der Waals surface area contributed by atoms with Crippen molar-refractivity contribution in [3.8, 4) is 0 Å². The minimum Gasteiger partial charge on any atom is -0.468 e. The maximum Gasteiger partial charge on any atom is 0.122 e. The Morgan fingerprint density at radius 2 is 2.10 bits per heavy atom. The Bertz CT molecular complexity index is 529. The number of nitrogens with zero attached hydrogens (tertiary/aromatic N) is 1. The van der Waals surface area contributed by atoms with Gasteiger partial charge in [0, 0.05) is 18.2 Å². The van der Waals surface area contributed by atoms with E-state index in [1.54, 1.807) is 12.5 Å². The number of nitrogens with one attached hydrogen (secondary N) is 1. The Kier molecular flexibility index (Phi) is 4.78. The molecule has 1 N–H and O–H groups in total. The van der Waals surface area contributed by atoms with E-state index in [4.69, 9.17) is 8.83 Å². The number of rotatable bonds is 9. The summed E-state index contributed by atoms with van der Waals surface area (Å²) in [5.74, 6) is 2.11. The molecule has 4 nitrogen and oxygen atoms in total. The topological polar surface area (TPSA) is 41.6 Å². The monoisotopic (exact) mass is 288 g/mol. The average Bonchev–Trinajstić information content (AvgIpc) is 3.04. The van der Waals surface area contributed by atoms with Crippen molar-refractivity contribution in [1.29, 1.82) is 0 Å². The van der Waals surface area contributed by atoms with Crippen LogP contribution >= 0.6 is 0 Å². The lowest BCUT2D eigenvalue weighted by molar-refractivity contribution is 0.207. The highest BCUT2D eigenvalue weighted by Gasteiger charge is 2.30. The van der Waals surface area contributed by atoms with Crippen LogP contribution in [0, 0.1) is 0 Å². The van der Waals surface area contributed by atoms with Crippen LogP contribution in [-0.2, 0) is 19.6 Å². The van der Waals surface area contributed by atoms with Crippen LogP contribution in [0.5, 0.6) is 0 Å². The van der Waals surface area contributed by atoms with Gasteiger partial charge in [-0.25, -0.2) is 0 Å². The summed E-state index contributed by atoms with van der Waals surface area (Å²) in [7, 11) is 0. The van der Waals surface area contributed by atoms with Crippen molar-refractivity contribution in [1.82, 2.24) is 10.2 Å². The summed E-state index contributed by atoms with van der Waals surface area (Å²) in [5.41, 5.74) is 1.27. The fraction of sp³-hybridized carbons (Fsp3) is 0.529. The smallest absolute Gasteiger partial charge is 0.122 e. The van der Waals surface area contributed by atoms with E-state index >= 15 is 0 Å². The first-order chi connectivity index (χ1) is 10.4. The van der Waals surface area contributed by atoms with Crippen LogP contribution in [0.4, 0.5) is 0 Å². The summed E-state index contributed by atoms with van der Waals surface area (Å²) < 4.78 is 11.2. The zero-order valence-corrected chi connectivity index (χ0v) is 12.7. The highest BCUT2D eigenvalue weighted by Crippen LogP contribution is 2.30. The third-order valence-electron chi connectivity index (χ3n) is 3.93. The van der Waals surface area contributed by atoms with Crippen LogP contribution in [0.2, 0.25) is 0 Å². The molecule has 0 atom stereocenters. The third kappa shape index (κ3) is 3.99. The van der Waals surface area contributed by atoms with E-state index in [1.807, 2.05) is 12.1 Å². The molecule has 0 bridgehead atoms. The molecule has 0 spiro atoms. The van der Waals surface area contributed by atoms with Gasteiger partial charge in [0.25, 0.3) is 0 Å². The summed E-state index contributed by atoms with van der Waals surface area (Å²) in [5, 5.41) is 3.44. The quantitative estimate of drug-likeness (QED) is 0.717. The van der Waals surface area contributed by atoms with Crippen molar-refractivity contribution in [2.24, 2.45) is 0 Å². The highest BCUT2D eigenvalue weighted by molar-refractivity contribution is 5.17. The van der Waals surface area contributed by atoms with Crippen LogP contribution in [0.15, 0.2) is 39.6 Å². The van der Waals surface area contributed by atoms with Gasteiger partial charge < -0.3 is 14.2 Å². The minimum atomic E-state index is 0.677. The molecule has 0 unspecified atom stereocenters. The van der Waals surface area contributed by atoms with Gasteiger partial charge in [-0.2, -0.15) is 0 Å². The van der Waals surface area contributed by atoms with Crippen LogP contribution in [-0.4, -0.2) is 17.5 Å². The molecule has 114 valence electrons. The van der Waals surface area contributed by atoms with Gasteiger partial charge >= 0.3 is 0 Å². The molecular weight excluding hydrogens is 264 g/mol. The van der Waals surface area contributed by atoms with Crippen LogP contribution in [0.1, 0.15) is 43.3 Å². The van der Waals surface area contributed by atoms with E-state index in [9.17, 15) is 0 Å². The van der Waals surface area contributed by atoms with Gasteiger partial charge in [-0.3, -0.25) is 4.90 Å².